The number of carbonyl (C=O) groups excluding carboxylic acids is 1. The third-order valence-electron chi connectivity index (χ3n) is 4.69. The first-order valence-electron chi connectivity index (χ1n) is 7.32. The van der Waals surface area contributed by atoms with Gasteiger partial charge in [0, 0.05) is 12.1 Å². The number of nitrogens with one attached hydrogen (secondary N) is 1. The molecule has 6 nitrogen and oxygen atoms in total. The normalized spacial score (nSPS) is 38.2. The molecule has 2 fully saturated rings. The minimum Gasteiger partial charge on any atom is -0.481 e. The summed E-state index contributed by atoms with van der Waals surface area (Å²) in [6, 6.07) is -0.635. The first-order valence-corrected chi connectivity index (χ1v) is 7.32. The first kappa shape index (κ1) is 15.3. The van der Waals surface area contributed by atoms with Gasteiger partial charge in [-0.05, 0) is 19.8 Å². The summed E-state index contributed by atoms with van der Waals surface area (Å²) < 4.78 is 5.28. The topological polar surface area (TPSA) is 102 Å². The lowest BCUT2D eigenvalue weighted by Crippen LogP contribution is -2.54. The second kappa shape index (κ2) is 6.10. The van der Waals surface area contributed by atoms with Crippen molar-refractivity contribution in [3.05, 3.63) is 0 Å². The van der Waals surface area contributed by atoms with Gasteiger partial charge in [0.25, 0.3) is 0 Å². The lowest BCUT2D eigenvalue weighted by atomic mass is 9.83. The fourth-order valence-electron chi connectivity index (χ4n) is 3.03. The number of hydrogen-bond acceptors (Lipinski definition) is 4. The number of aliphatic carboxylic acids is 1. The summed E-state index contributed by atoms with van der Waals surface area (Å²) in [7, 11) is 0. The van der Waals surface area contributed by atoms with Gasteiger partial charge >= 0.3 is 5.97 Å². The third-order valence-corrected chi connectivity index (χ3v) is 4.69. The van der Waals surface area contributed by atoms with Crippen LogP contribution in [-0.4, -0.2) is 42.3 Å². The fourth-order valence-corrected chi connectivity index (χ4v) is 3.03. The van der Waals surface area contributed by atoms with Crippen LogP contribution in [0.15, 0.2) is 0 Å². The molecule has 6 heteroatoms. The monoisotopic (exact) mass is 284 g/mol. The molecule has 4 N–H and O–H groups in total. The number of rotatable bonds is 3. The Kier molecular flexibility index (Phi) is 4.65. The van der Waals surface area contributed by atoms with Gasteiger partial charge in [-0.15, -0.1) is 0 Å². The van der Waals surface area contributed by atoms with Crippen LogP contribution in [0.3, 0.4) is 0 Å². The second-order valence-electron chi connectivity index (χ2n) is 6.20. The highest BCUT2D eigenvalue weighted by Crippen LogP contribution is 2.29. The lowest BCUT2D eigenvalue weighted by Gasteiger charge is -2.30. The minimum absolute atomic E-state index is 0.180. The number of ether oxygens (including phenoxy) is 1. The zero-order chi connectivity index (χ0) is 14.8. The van der Waals surface area contributed by atoms with Gasteiger partial charge in [0.1, 0.15) is 0 Å². The summed E-state index contributed by atoms with van der Waals surface area (Å²) in [4.78, 5) is 23.8. The van der Waals surface area contributed by atoms with E-state index in [1.807, 2.05) is 0 Å². The predicted octanol–water partition coefficient (Wildman–Crippen LogP) is 0.500. The molecule has 0 bridgehead atoms. The summed E-state index contributed by atoms with van der Waals surface area (Å²) in [6.07, 6.45) is 4.22. The number of nitrogens with two attached hydrogens (primary N) is 1. The molecule has 1 saturated carbocycles. The van der Waals surface area contributed by atoms with Crippen LogP contribution in [0.4, 0.5) is 0 Å². The van der Waals surface area contributed by atoms with Crippen molar-refractivity contribution in [3.63, 3.8) is 0 Å². The summed E-state index contributed by atoms with van der Waals surface area (Å²) >= 11 is 0. The summed E-state index contributed by atoms with van der Waals surface area (Å²) in [5.74, 6) is -1.50. The van der Waals surface area contributed by atoms with E-state index >= 15 is 0 Å². The zero-order valence-electron chi connectivity index (χ0n) is 11.9. The molecule has 1 amide bonds. The van der Waals surface area contributed by atoms with E-state index in [0.717, 1.165) is 25.7 Å². The standard InChI is InChI=1S/C14H24N2O4/c1-14(8-20-7-11(14)15)13(19)16-10-6-4-2-3-5-9(10)12(17)18/h9-11H,2-8,15H2,1H3,(H,16,19)(H,17,18). The maximum absolute atomic E-state index is 12.5. The highest BCUT2D eigenvalue weighted by atomic mass is 16.5. The van der Waals surface area contributed by atoms with Crippen LogP contribution < -0.4 is 11.1 Å². The molecular weight excluding hydrogens is 260 g/mol. The molecule has 4 unspecified atom stereocenters. The van der Waals surface area contributed by atoms with Crippen molar-refractivity contribution in [2.45, 2.75) is 51.1 Å². The van der Waals surface area contributed by atoms with Crippen LogP contribution in [-0.2, 0) is 14.3 Å². The van der Waals surface area contributed by atoms with Gasteiger partial charge in [-0.3, -0.25) is 9.59 Å². The van der Waals surface area contributed by atoms with Crippen molar-refractivity contribution in [3.8, 4) is 0 Å². The molecule has 0 radical (unpaired) electrons. The smallest absolute Gasteiger partial charge is 0.308 e. The van der Waals surface area contributed by atoms with Gasteiger partial charge < -0.3 is 20.9 Å². The fraction of sp³-hybridized carbons (Fsp3) is 0.857. The van der Waals surface area contributed by atoms with E-state index in [4.69, 9.17) is 10.5 Å². The molecule has 0 aromatic carbocycles. The van der Waals surface area contributed by atoms with Crippen LogP contribution in [0.1, 0.15) is 39.0 Å². The van der Waals surface area contributed by atoms with Gasteiger partial charge in [0.15, 0.2) is 0 Å². The number of carboxylic acid groups (broad SMARTS) is 1. The van der Waals surface area contributed by atoms with Crippen LogP contribution in [0.5, 0.6) is 0 Å². The van der Waals surface area contributed by atoms with Crippen molar-refractivity contribution >= 4 is 11.9 Å². The first-order chi connectivity index (χ1) is 9.45. The van der Waals surface area contributed by atoms with E-state index in [0.29, 0.717) is 19.6 Å². The molecule has 20 heavy (non-hydrogen) atoms. The van der Waals surface area contributed by atoms with Crippen molar-refractivity contribution in [2.24, 2.45) is 17.1 Å². The Bertz CT molecular complexity index is 387. The van der Waals surface area contributed by atoms with E-state index in [1.54, 1.807) is 6.92 Å². The Hall–Kier alpha value is -1.14. The molecule has 4 atom stereocenters. The van der Waals surface area contributed by atoms with Crippen molar-refractivity contribution in [2.75, 3.05) is 13.2 Å². The SMILES string of the molecule is CC1(C(=O)NC2CCCCCC2C(=O)O)COCC1N. The minimum atomic E-state index is -0.825. The van der Waals surface area contributed by atoms with Gasteiger partial charge in [-0.2, -0.15) is 0 Å². The maximum atomic E-state index is 12.5. The molecule has 2 aliphatic rings. The zero-order valence-corrected chi connectivity index (χ0v) is 11.9. The molecule has 2 rings (SSSR count). The third kappa shape index (κ3) is 2.96. The quantitative estimate of drug-likeness (QED) is 0.655. The molecule has 1 aliphatic carbocycles. The van der Waals surface area contributed by atoms with Crippen LogP contribution in [0.2, 0.25) is 0 Å². The van der Waals surface area contributed by atoms with Gasteiger partial charge in [-0.1, -0.05) is 19.3 Å². The van der Waals surface area contributed by atoms with Crippen molar-refractivity contribution in [1.29, 1.82) is 0 Å². The molecule has 0 spiro atoms. The lowest BCUT2D eigenvalue weighted by molar-refractivity contribution is -0.143. The van der Waals surface area contributed by atoms with E-state index in [9.17, 15) is 14.7 Å². The summed E-state index contributed by atoms with van der Waals surface area (Å²) in [5.41, 5.74) is 5.19. The number of carbonyl (C=O) groups is 2. The largest absolute Gasteiger partial charge is 0.481 e. The predicted molar refractivity (Wildman–Crippen MR) is 73.0 cm³/mol. The summed E-state index contributed by atoms with van der Waals surface area (Å²) in [6.45, 7) is 2.45. The van der Waals surface area contributed by atoms with Gasteiger partial charge in [0.05, 0.1) is 24.5 Å². The average molecular weight is 284 g/mol. The van der Waals surface area contributed by atoms with Crippen LogP contribution in [0, 0.1) is 11.3 Å². The van der Waals surface area contributed by atoms with Crippen LogP contribution >= 0.6 is 0 Å². The Morgan fingerprint density at radius 3 is 2.60 bits per heavy atom. The molecule has 1 aliphatic heterocycles. The van der Waals surface area contributed by atoms with Gasteiger partial charge in [-0.25, -0.2) is 0 Å². The second-order valence-corrected chi connectivity index (χ2v) is 6.20. The molecule has 0 aromatic heterocycles. The molecular formula is C14H24N2O4. The maximum Gasteiger partial charge on any atom is 0.308 e. The molecule has 1 saturated heterocycles. The number of carboxylic acids is 1. The van der Waals surface area contributed by atoms with Gasteiger partial charge in [0.2, 0.25) is 5.91 Å². The Morgan fingerprint density at radius 2 is 2.00 bits per heavy atom. The highest BCUT2D eigenvalue weighted by Gasteiger charge is 2.45. The Labute approximate surface area is 119 Å². The summed E-state index contributed by atoms with van der Waals surface area (Å²) in [5, 5.41) is 12.3. The molecule has 1 heterocycles. The van der Waals surface area contributed by atoms with Crippen molar-refractivity contribution < 1.29 is 19.4 Å². The Balaban J connectivity index is 2.06. The molecule has 114 valence electrons. The van der Waals surface area contributed by atoms with Crippen molar-refractivity contribution in [1.82, 2.24) is 5.32 Å². The molecule has 0 aromatic rings. The van der Waals surface area contributed by atoms with Crippen LogP contribution in [0.25, 0.3) is 0 Å². The average Bonchev–Trinajstić information content (AvgIpc) is 2.63. The van der Waals surface area contributed by atoms with E-state index in [-0.39, 0.29) is 18.0 Å². The van der Waals surface area contributed by atoms with E-state index in [1.165, 1.54) is 0 Å². The number of hydrogen-bond donors (Lipinski definition) is 3. The number of amides is 1. The van der Waals surface area contributed by atoms with E-state index < -0.39 is 17.3 Å². The highest BCUT2D eigenvalue weighted by molar-refractivity contribution is 5.84. The Morgan fingerprint density at radius 1 is 1.30 bits per heavy atom. The van der Waals surface area contributed by atoms with E-state index in [2.05, 4.69) is 5.32 Å².